The van der Waals surface area contributed by atoms with Crippen LogP contribution in [0.2, 0.25) is 15.1 Å². The number of benzene rings is 2. The van der Waals surface area contributed by atoms with Gasteiger partial charge in [-0.15, -0.1) is 0 Å². The highest BCUT2D eigenvalue weighted by Gasteiger charge is 2.09. The summed E-state index contributed by atoms with van der Waals surface area (Å²) in [6.07, 6.45) is 1.35. The molecule has 0 aliphatic carbocycles. The molecule has 0 aromatic heterocycles. The van der Waals surface area contributed by atoms with Crippen molar-refractivity contribution in [2.24, 2.45) is 5.10 Å². The van der Waals surface area contributed by atoms with E-state index >= 15 is 0 Å². The monoisotopic (exact) mass is 443 g/mol. The molecule has 0 heterocycles. The Labute approximate surface area is 178 Å². The van der Waals surface area contributed by atoms with Gasteiger partial charge in [-0.05, 0) is 32.0 Å². The Balaban J connectivity index is 1.92. The minimum Gasteiger partial charge on any atom is -0.507 e. The van der Waals surface area contributed by atoms with Crippen LogP contribution in [-0.4, -0.2) is 36.9 Å². The summed E-state index contributed by atoms with van der Waals surface area (Å²) in [5.41, 5.74) is 3.70. The third-order valence-corrected chi connectivity index (χ3v) is 4.89. The number of hydrogen-bond donors (Lipinski definition) is 2. The Kier molecular flexibility index (Phi) is 8.23. The van der Waals surface area contributed by atoms with E-state index in [2.05, 4.69) is 15.4 Å². The van der Waals surface area contributed by atoms with E-state index in [-0.39, 0.29) is 28.2 Å². The molecular weight excluding hydrogens is 425 g/mol. The number of anilines is 1. The molecule has 0 fully saturated rings. The van der Waals surface area contributed by atoms with E-state index in [1.54, 1.807) is 12.1 Å². The zero-order valence-electron chi connectivity index (χ0n) is 15.4. The third kappa shape index (κ3) is 5.92. The number of halogens is 3. The van der Waals surface area contributed by atoms with Crippen molar-refractivity contribution < 1.29 is 14.6 Å². The summed E-state index contributed by atoms with van der Waals surface area (Å²) in [6, 6.07) is 8.13. The molecule has 28 heavy (non-hydrogen) atoms. The van der Waals surface area contributed by atoms with Crippen molar-refractivity contribution in [2.75, 3.05) is 24.6 Å². The van der Waals surface area contributed by atoms with Crippen LogP contribution in [0.1, 0.15) is 19.4 Å². The lowest BCUT2D eigenvalue weighted by atomic mass is 10.2. The van der Waals surface area contributed by atoms with E-state index in [0.29, 0.717) is 10.6 Å². The van der Waals surface area contributed by atoms with Gasteiger partial charge in [-0.2, -0.15) is 5.10 Å². The molecule has 2 aromatic rings. The molecule has 1 amide bonds. The molecule has 0 saturated carbocycles. The van der Waals surface area contributed by atoms with Gasteiger partial charge in [-0.25, -0.2) is 5.43 Å². The van der Waals surface area contributed by atoms with Crippen LogP contribution >= 0.6 is 34.8 Å². The standard InChI is InChI=1S/C19H20Cl3N3O3/c1-3-25(4-2)13-6-5-12(17(26)7-13)10-23-24-19(27)11-28-18-9-15(21)14(20)8-16(18)22/h5-10,26H,3-4,11H2,1-2H3,(H,24,27)/b23-10-. The highest BCUT2D eigenvalue weighted by Crippen LogP contribution is 2.33. The fourth-order valence-electron chi connectivity index (χ4n) is 2.39. The molecule has 0 radical (unpaired) electrons. The lowest BCUT2D eigenvalue weighted by molar-refractivity contribution is -0.123. The van der Waals surface area contributed by atoms with Gasteiger partial charge < -0.3 is 14.7 Å². The molecule has 0 spiro atoms. The first-order valence-corrected chi connectivity index (χ1v) is 9.66. The van der Waals surface area contributed by atoms with Gasteiger partial charge in [0.2, 0.25) is 0 Å². The second kappa shape index (κ2) is 10.4. The minimum atomic E-state index is -0.502. The van der Waals surface area contributed by atoms with Crippen LogP contribution < -0.4 is 15.1 Å². The summed E-state index contributed by atoms with van der Waals surface area (Å²) in [4.78, 5) is 14.0. The summed E-state index contributed by atoms with van der Waals surface area (Å²) in [6.45, 7) is 5.43. The Hall–Kier alpha value is -2.15. The quantitative estimate of drug-likeness (QED) is 0.351. The van der Waals surface area contributed by atoms with Crippen LogP contribution in [0.25, 0.3) is 0 Å². The first-order chi connectivity index (χ1) is 13.3. The fraction of sp³-hybridized carbons (Fsp3) is 0.263. The number of carbonyl (C=O) groups is 1. The number of nitrogens with zero attached hydrogens (tertiary/aromatic N) is 2. The number of hydrazone groups is 1. The number of ether oxygens (including phenoxy) is 1. The van der Waals surface area contributed by atoms with E-state index in [1.807, 2.05) is 19.9 Å². The Bertz CT molecular complexity index is 871. The molecule has 2 aromatic carbocycles. The summed E-state index contributed by atoms with van der Waals surface area (Å²) in [7, 11) is 0. The number of rotatable bonds is 8. The zero-order chi connectivity index (χ0) is 20.7. The molecule has 0 atom stereocenters. The first-order valence-electron chi connectivity index (χ1n) is 8.52. The van der Waals surface area contributed by atoms with Gasteiger partial charge in [0.25, 0.3) is 5.91 Å². The second-order valence-electron chi connectivity index (χ2n) is 5.69. The van der Waals surface area contributed by atoms with Gasteiger partial charge in [0, 0.05) is 36.5 Å². The van der Waals surface area contributed by atoms with Crippen molar-refractivity contribution in [3.8, 4) is 11.5 Å². The molecule has 0 bridgehead atoms. The molecule has 0 aliphatic heterocycles. The van der Waals surface area contributed by atoms with Crippen LogP contribution in [-0.2, 0) is 4.79 Å². The van der Waals surface area contributed by atoms with Crippen molar-refractivity contribution >= 4 is 52.6 Å². The maximum atomic E-state index is 11.9. The normalized spacial score (nSPS) is 10.9. The van der Waals surface area contributed by atoms with Crippen LogP contribution in [0.5, 0.6) is 11.5 Å². The minimum absolute atomic E-state index is 0.0706. The Morgan fingerprint density at radius 2 is 1.82 bits per heavy atom. The summed E-state index contributed by atoms with van der Waals surface area (Å²) < 4.78 is 5.31. The van der Waals surface area contributed by atoms with Crippen LogP contribution in [0, 0.1) is 0 Å². The predicted molar refractivity (Wildman–Crippen MR) is 114 cm³/mol. The van der Waals surface area contributed by atoms with Crippen LogP contribution in [0.3, 0.4) is 0 Å². The van der Waals surface area contributed by atoms with Crippen molar-refractivity contribution in [3.63, 3.8) is 0 Å². The molecular formula is C19H20Cl3N3O3. The Morgan fingerprint density at radius 1 is 1.14 bits per heavy atom. The number of carbonyl (C=O) groups excluding carboxylic acids is 1. The van der Waals surface area contributed by atoms with Gasteiger partial charge >= 0.3 is 0 Å². The van der Waals surface area contributed by atoms with E-state index in [9.17, 15) is 9.90 Å². The van der Waals surface area contributed by atoms with Crippen molar-refractivity contribution in [1.82, 2.24) is 5.43 Å². The number of nitrogens with one attached hydrogen (secondary N) is 1. The maximum Gasteiger partial charge on any atom is 0.277 e. The van der Waals surface area contributed by atoms with E-state index in [0.717, 1.165) is 18.8 Å². The molecule has 2 rings (SSSR count). The van der Waals surface area contributed by atoms with Crippen molar-refractivity contribution in [3.05, 3.63) is 51.0 Å². The summed E-state index contributed by atoms with van der Waals surface area (Å²) in [5, 5.41) is 14.8. The number of hydrogen-bond acceptors (Lipinski definition) is 5. The van der Waals surface area contributed by atoms with Crippen molar-refractivity contribution in [1.29, 1.82) is 0 Å². The lowest BCUT2D eigenvalue weighted by Crippen LogP contribution is -2.24. The number of amides is 1. The molecule has 150 valence electrons. The van der Waals surface area contributed by atoms with Crippen LogP contribution in [0.4, 0.5) is 5.69 Å². The lowest BCUT2D eigenvalue weighted by Gasteiger charge is -2.21. The van der Waals surface area contributed by atoms with Gasteiger partial charge in [-0.3, -0.25) is 4.79 Å². The third-order valence-electron chi connectivity index (χ3n) is 3.87. The van der Waals surface area contributed by atoms with E-state index in [4.69, 9.17) is 39.5 Å². The summed E-state index contributed by atoms with van der Waals surface area (Å²) >= 11 is 17.7. The second-order valence-corrected chi connectivity index (χ2v) is 6.92. The number of aromatic hydroxyl groups is 1. The summed E-state index contributed by atoms with van der Waals surface area (Å²) in [5.74, 6) is -0.196. The predicted octanol–water partition coefficient (Wildman–Crippen LogP) is 4.73. The number of phenols is 1. The van der Waals surface area contributed by atoms with Gasteiger partial charge in [0.1, 0.15) is 11.5 Å². The average Bonchev–Trinajstić information content (AvgIpc) is 2.66. The topological polar surface area (TPSA) is 74.2 Å². The molecule has 0 aliphatic rings. The van der Waals surface area contributed by atoms with Gasteiger partial charge in [-0.1, -0.05) is 34.8 Å². The zero-order valence-corrected chi connectivity index (χ0v) is 17.6. The van der Waals surface area contributed by atoms with Gasteiger partial charge in [0.15, 0.2) is 6.61 Å². The Morgan fingerprint density at radius 3 is 2.46 bits per heavy atom. The molecule has 2 N–H and O–H groups in total. The largest absolute Gasteiger partial charge is 0.507 e. The van der Waals surface area contributed by atoms with Gasteiger partial charge in [0.05, 0.1) is 21.3 Å². The first kappa shape index (κ1) is 22.1. The van der Waals surface area contributed by atoms with E-state index < -0.39 is 5.91 Å². The highest BCUT2D eigenvalue weighted by atomic mass is 35.5. The van der Waals surface area contributed by atoms with Crippen LogP contribution in [0.15, 0.2) is 35.4 Å². The fourth-order valence-corrected chi connectivity index (χ4v) is 2.98. The smallest absolute Gasteiger partial charge is 0.277 e. The molecule has 9 heteroatoms. The maximum absolute atomic E-state index is 11.9. The molecule has 0 unspecified atom stereocenters. The SMILES string of the molecule is CCN(CC)c1ccc(/C=N\NC(=O)COc2cc(Cl)c(Cl)cc2Cl)c(O)c1. The van der Waals surface area contributed by atoms with E-state index in [1.165, 1.54) is 18.3 Å². The average molecular weight is 445 g/mol. The molecule has 0 saturated heterocycles. The highest BCUT2D eigenvalue weighted by molar-refractivity contribution is 6.43. The molecule has 6 nitrogen and oxygen atoms in total. The van der Waals surface area contributed by atoms with Crippen molar-refractivity contribution in [2.45, 2.75) is 13.8 Å². The number of phenolic OH excluding ortho intramolecular Hbond substituents is 1.